The van der Waals surface area contributed by atoms with E-state index in [1.54, 1.807) is 0 Å². The van der Waals surface area contributed by atoms with Gasteiger partial charge in [0.1, 0.15) is 5.82 Å². The van der Waals surface area contributed by atoms with Crippen molar-refractivity contribution >= 4 is 27.8 Å². The lowest BCUT2D eigenvalue weighted by atomic mass is 9.71. The largest absolute Gasteiger partial charge is 0.481 e. The van der Waals surface area contributed by atoms with Crippen LogP contribution in [-0.2, 0) is 16.0 Å². The van der Waals surface area contributed by atoms with E-state index in [1.165, 1.54) is 23.4 Å². The second-order valence-electron chi connectivity index (χ2n) is 9.47. The number of ether oxygens (including phenoxy) is 1. The maximum absolute atomic E-state index is 13.8. The summed E-state index contributed by atoms with van der Waals surface area (Å²) in [4.78, 5) is 11.4. The molecule has 7 heteroatoms. The lowest BCUT2D eigenvalue weighted by molar-refractivity contribution is -0.146. The van der Waals surface area contributed by atoms with E-state index in [4.69, 9.17) is 4.74 Å². The number of nitrogens with one attached hydrogen (secondary N) is 1. The molecule has 33 heavy (non-hydrogen) atoms. The summed E-state index contributed by atoms with van der Waals surface area (Å²) in [6, 6.07) is 11.0. The molecule has 2 fully saturated rings. The van der Waals surface area contributed by atoms with Gasteiger partial charge in [-0.3, -0.25) is 9.89 Å². The quantitative estimate of drug-likeness (QED) is 0.441. The number of fused-ring (bicyclic) bond motifs is 2. The van der Waals surface area contributed by atoms with E-state index in [2.05, 4.69) is 26.9 Å². The Bertz CT molecular complexity index is 1330. The highest BCUT2D eigenvalue weighted by molar-refractivity contribution is 5.98. The molecule has 1 aliphatic heterocycles. The minimum Gasteiger partial charge on any atom is -0.481 e. The van der Waals surface area contributed by atoms with Crippen LogP contribution in [0.1, 0.15) is 42.9 Å². The lowest BCUT2D eigenvalue weighted by Gasteiger charge is -2.33. The van der Waals surface area contributed by atoms with Crippen molar-refractivity contribution in [2.24, 2.45) is 11.8 Å². The zero-order valence-electron chi connectivity index (χ0n) is 18.3. The number of hydrogen-bond acceptors (Lipinski definition) is 3. The Morgan fingerprint density at radius 2 is 1.94 bits per heavy atom. The lowest BCUT2D eigenvalue weighted by Crippen LogP contribution is -2.31. The van der Waals surface area contributed by atoms with E-state index >= 15 is 0 Å². The number of halogens is 1. The van der Waals surface area contributed by atoms with Gasteiger partial charge in [-0.2, -0.15) is 5.10 Å². The zero-order chi connectivity index (χ0) is 22.5. The Hall–Kier alpha value is -3.19. The molecule has 4 aromatic rings. The Morgan fingerprint density at radius 3 is 2.67 bits per heavy atom. The Kier molecular flexibility index (Phi) is 4.94. The molecule has 3 heterocycles. The van der Waals surface area contributed by atoms with E-state index in [0.717, 1.165) is 72.8 Å². The molecule has 6 rings (SSSR count). The number of aromatic amines is 1. The maximum atomic E-state index is 13.8. The van der Waals surface area contributed by atoms with Crippen molar-refractivity contribution in [1.29, 1.82) is 0 Å². The second kappa shape index (κ2) is 7.99. The highest BCUT2D eigenvalue weighted by atomic mass is 19.1. The summed E-state index contributed by atoms with van der Waals surface area (Å²) in [6.07, 6.45) is 5.99. The van der Waals surface area contributed by atoms with Gasteiger partial charge in [-0.1, -0.05) is 0 Å². The van der Waals surface area contributed by atoms with E-state index in [9.17, 15) is 14.3 Å². The molecular weight excluding hydrogens is 421 g/mol. The Labute approximate surface area is 190 Å². The molecule has 2 aliphatic rings. The van der Waals surface area contributed by atoms with Gasteiger partial charge >= 0.3 is 5.97 Å². The first kappa shape index (κ1) is 20.4. The van der Waals surface area contributed by atoms with Crippen molar-refractivity contribution in [3.05, 3.63) is 59.7 Å². The van der Waals surface area contributed by atoms with Crippen molar-refractivity contribution in [1.82, 2.24) is 14.8 Å². The van der Waals surface area contributed by atoms with Crippen LogP contribution >= 0.6 is 0 Å². The maximum Gasteiger partial charge on any atom is 0.306 e. The average molecular weight is 448 g/mol. The van der Waals surface area contributed by atoms with Gasteiger partial charge in [0, 0.05) is 41.3 Å². The highest BCUT2D eigenvalue weighted by Gasteiger charge is 2.36. The molecule has 0 radical (unpaired) electrons. The van der Waals surface area contributed by atoms with Crippen LogP contribution in [-0.4, -0.2) is 39.1 Å². The number of carboxylic acids is 1. The SMILES string of the molecule is O=C(O)[C@H]1C[C@@H](Cc2c(C3CCOCC3)n(-c3ccc(F)cc3)c3cc4cn[nH]c4cc23)C1. The van der Waals surface area contributed by atoms with Crippen molar-refractivity contribution < 1.29 is 19.0 Å². The number of aromatic nitrogens is 3. The highest BCUT2D eigenvalue weighted by Crippen LogP contribution is 2.44. The summed E-state index contributed by atoms with van der Waals surface area (Å²) < 4.78 is 21.7. The average Bonchev–Trinajstić information content (AvgIpc) is 3.37. The van der Waals surface area contributed by atoms with Gasteiger partial charge in [-0.25, -0.2) is 4.39 Å². The van der Waals surface area contributed by atoms with E-state index in [-0.39, 0.29) is 11.7 Å². The van der Waals surface area contributed by atoms with Crippen molar-refractivity contribution in [2.45, 2.75) is 38.0 Å². The fourth-order valence-corrected chi connectivity index (χ4v) is 5.68. The van der Waals surface area contributed by atoms with Crippen LogP contribution in [0.5, 0.6) is 0 Å². The number of carbonyl (C=O) groups is 1. The molecule has 1 saturated heterocycles. The smallest absolute Gasteiger partial charge is 0.306 e. The normalized spacial score (nSPS) is 21.5. The summed E-state index contributed by atoms with van der Waals surface area (Å²) in [5.74, 6) is -0.489. The van der Waals surface area contributed by atoms with Crippen LogP contribution in [0.15, 0.2) is 42.6 Å². The molecule has 1 saturated carbocycles. The summed E-state index contributed by atoms with van der Waals surface area (Å²) in [5, 5.41) is 18.9. The first-order valence-electron chi connectivity index (χ1n) is 11.7. The summed E-state index contributed by atoms with van der Waals surface area (Å²) in [7, 11) is 0. The Morgan fingerprint density at radius 1 is 1.18 bits per heavy atom. The molecule has 1 aliphatic carbocycles. The van der Waals surface area contributed by atoms with Crippen LogP contribution in [0.3, 0.4) is 0 Å². The first-order valence-corrected chi connectivity index (χ1v) is 11.7. The van der Waals surface area contributed by atoms with Gasteiger partial charge in [0.05, 0.1) is 23.1 Å². The van der Waals surface area contributed by atoms with Crippen molar-refractivity contribution in [3.8, 4) is 5.69 Å². The summed E-state index contributed by atoms with van der Waals surface area (Å²) >= 11 is 0. The third-order valence-corrected chi connectivity index (χ3v) is 7.44. The zero-order valence-corrected chi connectivity index (χ0v) is 18.3. The summed E-state index contributed by atoms with van der Waals surface area (Å²) in [5.41, 5.74) is 5.55. The van der Waals surface area contributed by atoms with Gasteiger partial charge < -0.3 is 14.4 Å². The number of benzene rings is 2. The van der Waals surface area contributed by atoms with Gasteiger partial charge in [0.25, 0.3) is 0 Å². The van der Waals surface area contributed by atoms with Gasteiger partial charge in [0.15, 0.2) is 0 Å². The molecule has 0 unspecified atom stereocenters. The molecule has 2 aromatic heterocycles. The molecule has 2 N–H and O–H groups in total. The fraction of sp³-hybridized carbons (Fsp3) is 0.385. The number of hydrogen-bond donors (Lipinski definition) is 2. The molecule has 170 valence electrons. The number of nitrogens with zero attached hydrogens (tertiary/aromatic N) is 2. The third-order valence-electron chi connectivity index (χ3n) is 7.44. The van der Waals surface area contributed by atoms with Gasteiger partial charge in [-0.15, -0.1) is 0 Å². The van der Waals surface area contributed by atoms with Gasteiger partial charge in [-0.05, 0) is 80.0 Å². The summed E-state index contributed by atoms with van der Waals surface area (Å²) in [6.45, 7) is 1.45. The van der Waals surface area contributed by atoms with E-state index in [0.29, 0.717) is 11.8 Å². The Balaban J connectivity index is 1.56. The number of aliphatic carboxylic acids is 1. The van der Waals surface area contributed by atoms with Crippen molar-refractivity contribution in [3.63, 3.8) is 0 Å². The van der Waals surface area contributed by atoms with Crippen LogP contribution in [0.2, 0.25) is 0 Å². The molecule has 2 aromatic carbocycles. The van der Waals surface area contributed by atoms with Gasteiger partial charge in [0.2, 0.25) is 0 Å². The standard InChI is InChI=1S/C26H26FN3O3/c27-19-1-3-20(4-2-19)30-24-12-18-14-28-29-23(18)13-21(24)22(11-15-9-17(10-15)26(31)32)25(30)16-5-7-33-8-6-16/h1-4,12-17H,5-11H2,(H,28,29)(H,31,32)/t15-,17+. The van der Waals surface area contributed by atoms with Crippen LogP contribution in [0.4, 0.5) is 4.39 Å². The van der Waals surface area contributed by atoms with E-state index < -0.39 is 5.97 Å². The predicted octanol–water partition coefficient (Wildman–Crippen LogP) is 5.19. The van der Waals surface area contributed by atoms with Crippen LogP contribution in [0, 0.1) is 17.7 Å². The first-order chi connectivity index (χ1) is 16.1. The van der Waals surface area contributed by atoms with Crippen LogP contribution in [0.25, 0.3) is 27.5 Å². The second-order valence-corrected chi connectivity index (χ2v) is 9.47. The van der Waals surface area contributed by atoms with Crippen LogP contribution < -0.4 is 0 Å². The topological polar surface area (TPSA) is 80.1 Å². The minimum atomic E-state index is -0.691. The predicted molar refractivity (Wildman–Crippen MR) is 123 cm³/mol. The number of rotatable bonds is 5. The molecule has 0 spiro atoms. The number of carboxylic acid groups (broad SMARTS) is 1. The van der Waals surface area contributed by atoms with E-state index in [1.807, 2.05) is 18.3 Å². The molecule has 0 bridgehead atoms. The number of H-pyrrole nitrogens is 1. The monoisotopic (exact) mass is 447 g/mol. The fourth-order valence-electron chi connectivity index (χ4n) is 5.68. The molecule has 0 amide bonds. The van der Waals surface area contributed by atoms with Crippen molar-refractivity contribution in [2.75, 3.05) is 13.2 Å². The third kappa shape index (κ3) is 3.51. The molecule has 0 atom stereocenters. The molecule has 6 nitrogen and oxygen atoms in total. The molecular formula is C26H26FN3O3. The minimum absolute atomic E-state index is 0.230.